The fourth-order valence-corrected chi connectivity index (χ4v) is 2.66. The predicted octanol–water partition coefficient (Wildman–Crippen LogP) is 3.65. The van der Waals surface area contributed by atoms with Gasteiger partial charge in [0.2, 0.25) is 10.6 Å². The molecule has 0 aliphatic rings. The number of aromatic nitrogens is 2. The zero-order valence-electron chi connectivity index (χ0n) is 12.3. The molecule has 5 nitrogen and oxygen atoms in total. The van der Waals surface area contributed by atoms with Gasteiger partial charge in [0.15, 0.2) is 0 Å². The monoisotopic (exact) mass is 361 g/mol. The normalized spacial score (nSPS) is 12.5. The second-order valence-corrected chi connectivity index (χ2v) is 6.35. The molecule has 2 rings (SSSR count). The first-order chi connectivity index (χ1) is 10.9. The minimum absolute atomic E-state index is 0.0456. The van der Waals surface area contributed by atoms with E-state index in [1.54, 1.807) is 44.2 Å². The van der Waals surface area contributed by atoms with Crippen molar-refractivity contribution in [1.29, 1.82) is 0 Å². The van der Waals surface area contributed by atoms with E-state index in [-0.39, 0.29) is 15.7 Å². The van der Waals surface area contributed by atoms with E-state index in [0.717, 1.165) is 11.3 Å². The third-order valence-electron chi connectivity index (χ3n) is 2.87. The Morgan fingerprint density at radius 1 is 1.26 bits per heavy atom. The zero-order valence-corrected chi connectivity index (χ0v) is 13.9. The summed E-state index contributed by atoms with van der Waals surface area (Å²) in [4.78, 5) is 13.8. The lowest BCUT2D eigenvalue weighted by Crippen LogP contribution is -2.48. The summed E-state index contributed by atoms with van der Waals surface area (Å²) >= 11 is 6.38. The smallest absolute Gasteiger partial charge is 0.296 e. The molecule has 1 heterocycles. The van der Waals surface area contributed by atoms with Crippen molar-refractivity contribution in [1.82, 2.24) is 10.2 Å². The van der Waals surface area contributed by atoms with Crippen molar-refractivity contribution in [3.63, 3.8) is 0 Å². The van der Waals surface area contributed by atoms with Gasteiger partial charge in [0, 0.05) is 11.7 Å². The summed E-state index contributed by atoms with van der Waals surface area (Å²) in [5.41, 5.74) is 0.511. The van der Waals surface area contributed by atoms with E-state index < -0.39 is 18.4 Å². The van der Waals surface area contributed by atoms with Crippen molar-refractivity contribution >= 4 is 34.5 Å². The largest absolute Gasteiger partial charge is 0.449 e. The van der Waals surface area contributed by atoms with Gasteiger partial charge in [-0.05, 0) is 48.9 Å². The summed E-state index contributed by atoms with van der Waals surface area (Å²) < 4.78 is 31.7. The molecule has 124 valence electrons. The predicted molar refractivity (Wildman–Crippen MR) is 84.4 cm³/mol. The van der Waals surface area contributed by atoms with Crippen LogP contribution in [0, 0.1) is 0 Å². The molecule has 0 aliphatic carbocycles. The van der Waals surface area contributed by atoms with Crippen molar-refractivity contribution in [3.8, 4) is 5.19 Å². The van der Waals surface area contributed by atoms with Crippen LogP contribution >= 0.6 is 22.9 Å². The van der Waals surface area contributed by atoms with Crippen molar-refractivity contribution in [2.24, 2.45) is 0 Å². The van der Waals surface area contributed by atoms with Crippen LogP contribution in [0.4, 0.5) is 14.5 Å². The van der Waals surface area contributed by atoms with E-state index in [0.29, 0.717) is 5.69 Å². The summed E-state index contributed by atoms with van der Waals surface area (Å²) in [6.45, 7) is 3.46. The Balaban J connectivity index is 2.27. The lowest BCUT2D eigenvalue weighted by Gasteiger charge is -2.30. The SMILES string of the molecule is CC(C)N(C(=O)C(Oc1nnc(Cl)s1)C(F)F)c1ccccc1. The number of nitrogens with zero attached hydrogens (tertiary/aromatic N) is 3. The molecule has 0 aliphatic heterocycles. The summed E-state index contributed by atoms with van der Waals surface area (Å²) in [6, 6.07) is 8.23. The number of anilines is 1. The molecule has 0 saturated heterocycles. The summed E-state index contributed by atoms with van der Waals surface area (Å²) in [5, 5.41) is 6.80. The fourth-order valence-electron chi connectivity index (χ4n) is 1.96. The molecule has 1 amide bonds. The quantitative estimate of drug-likeness (QED) is 0.788. The van der Waals surface area contributed by atoms with Crippen molar-refractivity contribution in [2.45, 2.75) is 32.4 Å². The summed E-state index contributed by atoms with van der Waals surface area (Å²) in [6.07, 6.45) is -5.00. The first-order valence-corrected chi connectivity index (χ1v) is 7.91. The maximum absolute atomic E-state index is 13.3. The van der Waals surface area contributed by atoms with Crippen molar-refractivity contribution in [2.75, 3.05) is 4.90 Å². The maximum Gasteiger partial charge on any atom is 0.296 e. The number of hydrogen-bond donors (Lipinski definition) is 0. The Morgan fingerprint density at radius 2 is 1.91 bits per heavy atom. The van der Waals surface area contributed by atoms with Gasteiger partial charge in [0.25, 0.3) is 17.5 Å². The first kappa shape index (κ1) is 17.6. The van der Waals surface area contributed by atoms with Gasteiger partial charge in [-0.2, -0.15) is 0 Å². The minimum Gasteiger partial charge on any atom is -0.449 e. The van der Waals surface area contributed by atoms with E-state index in [1.807, 2.05) is 0 Å². The second-order valence-electron chi connectivity index (χ2n) is 4.83. The third kappa shape index (κ3) is 4.35. The lowest BCUT2D eigenvalue weighted by atomic mass is 10.2. The van der Waals surface area contributed by atoms with E-state index >= 15 is 0 Å². The molecular weight excluding hydrogens is 348 g/mol. The minimum atomic E-state index is -3.02. The fraction of sp³-hybridized carbons (Fsp3) is 0.357. The number of rotatable bonds is 6. The molecule has 23 heavy (non-hydrogen) atoms. The highest BCUT2D eigenvalue weighted by atomic mass is 35.5. The lowest BCUT2D eigenvalue weighted by molar-refractivity contribution is -0.132. The number of benzene rings is 1. The molecule has 2 aromatic rings. The number of alkyl halides is 2. The number of para-hydroxylation sites is 1. The highest BCUT2D eigenvalue weighted by molar-refractivity contribution is 7.17. The average Bonchev–Trinajstić information content (AvgIpc) is 2.90. The Hall–Kier alpha value is -1.80. The number of amides is 1. The Bertz CT molecular complexity index is 654. The first-order valence-electron chi connectivity index (χ1n) is 6.72. The molecule has 1 unspecified atom stereocenters. The number of carbonyl (C=O) groups is 1. The van der Waals surface area contributed by atoms with E-state index in [1.165, 1.54) is 4.90 Å². The molecule has 0 radical (unpaired) electrons. The van der Waals surface area contributed by atoms with Crippen LogP contribution in [0.15, 0.2) is 30.3 Å². The molecule has 0 bridgehead atoms. The Kier molecular flexibility index (Phi) is 5.84. The zero-order chi connectivity index (χ0) is 17.0. The number of halogens is 3. The van der Waals surface area contributed by atoms with Crippen LogP contribution in [0.3, 0.4) is 0 Å². The number of carbonyl (C=O) groups excluding carboxylic acids is 1. The summed E-state index contributed by atoms with van der Waals surface area (Å²) in [7, 11) is 0. The molecule has 1 aromatic heterocycles. The highest BCUT2D eigenvalue weighted by Crippen LogP contribution is 2.26. The molecule has 1 aromatic carbocycles. The molecule has 0 N–H and O–H groups in total. The van der Waals surface area contributed by atoms with Crippen LogP contribution in [0.1, 0.15) is 13.8 Å². The van der Waals surface area contributed by atoms with Gasteiger partial charge in [0.05, 0.1) is 0 Å². The van der Waals surface area contributed by atoms with E-state index in [9.17, 15) is 13.6 Å². The third-order valence-corrected chi connectivity index (χ3v) is 3.78. The van der Waals surface area contributed by atoms with Gasteiger partial charge >= 0.3 is 0 Å². The Labute approximate surface area is 140 Å². The van der Waals surface area contributed by atoms with Gasteiger partial charge in [-0.25, -0.2) is 8.78 Å². The molecule has 0 spiro atoms. The molecule has 0 fully saturated rings. The van der Waals surface area contributed by atoms with Crippen molar-refractivity contribution < 1.29 is 18.3 Å². The molecule has 0 saturated carbocycles. The van der Waals surface area contributed by atoms with Gasteiger partial charge in [0.1, 0.15) is 0 Å². The Morgan fingerprint density at radius 3 is 2.39 bits per heavy atom. The molecule has 9 heteroatoms. The van der Waals surface area contributed by atoms with Crippen LogP contribution in [0.2, 0.25) is 4.47 Å². The average molecular weight is 362 g/mol. The van der Waals surface area contributed by atoms with E-state index in [4.69, 9.17) is 16.3 Å². The van der Waals surface area contributed by atoms with Crippen LogP contribution in [-0.2, 0) is 4.79 Å². The van der Waals surface area contributed by atoms with Crippen LogP contribution in [0.5, 0.6) is 5.19 Å². The highest BCUT2D eigenvalue weighted by Gasteiger charge is 2.36. The van der Waals surface area contributed by atoms with Crippen LogP contribution in [0.25, 0.3) is 0 Å². The van der Waals surface area contributed by atoms with Gasteiger partial charge in [-0.1, -0.05) is 23.3 Å². The summed E-state index contributed by atoms with van der Waals surface area (Å²) in [5.74, 6) is -0.854. The van der Waals surface area contributed by atoms with Crippen molar-refractivity contribution in [3.05, 3.63) is 34.8 Å². The molecular formula is C14H14ClF2N3O2S. The maximum atomic E-state index is 13.3. The number of hydrogen-bond acceptors (Lipinski definition) is 5. The van der Waals surface area contributed by atoms with Crippen LogP contribution < -0.4 is 9.64 Å². The van der Waals surface area contributed by atoms with Crippen LogP contribution in [-0.4, -0.2) is 34.7 Å². The topological polar surface area (TPSA) is 55.3 Å². The molecule has 1 atom stereocenters. The second kappa shape index (κ2) is 7.65. The van der Waals surface area contributed by atoms with E-state index in [2.05, 4.69) is 10.2 Å². The number of ether oxygens (including phenoxy) is 1. The van der Waals surface area contributed by atoms with Gasteiger partial charge < -0.3 is 9.64 Å². The van der Waals surface area contributed by atoms with Gasteiger partial charge in [-0.3, -0.25) is 4.79 Å². The standard InChI is InChI=1S/C14H14ClF2N3O2S/c1-8(2)20(9-6-4-3-5-7-9)12(21)10(11(16)17)22-14-19-18-13(15)23-14/h3-8,10-11H,1-2H3. The van der Waals surface area contributed by atoms with Gasteiger partial charge in [-0.15, -0.1) is 5.10 Å².